The molecule has 1 fully saturated rings. The fourth-order valence-electron chi connectivity index (χ4n) is 1.14. The highest BCUT2D eigenvalue weighted by Crippen LogP contribution is 2.28. The molecule has 0 saturated heterocycles. The van der Waals surface area contributed by atoms with Crippen LogP contribution in [0.3, 0.4) is 0 Å². The molecule has 0 heterocycles. The Kier molecular flexibility index (Phi) is 2.17. The van der Waals surface area contributed by atoms with Gasteiger partial charge in [-0.3, -0.25) is 0 Å². The highest BCUT2D eigenvalue weighted by atomic mass is 16.4. The number of carbonyl (C=O) groups is 1. The van der Waals surface area contributed by atoms with Crippen LogP contribution < -0.4 is 0 Å². The van der Waals surface area contributed by atoms with Crippen molar-refractivity contribution < 1.29 is 9.90 Å². The van der Waals surface area contributed by atoms with Crippen molar-refractivity contribution in [1.29, 1.82) is 0 Å². The van der Waals surface area contributed by atoms with E-state index in [0.717, 1.165) is 12.8 Å². The van der Waals surface area contributed by atoms with E-state index in [1.54, 1.807) is 13.0 Å². The maximum absolute atomic E-state index is 10.6. The summed E-state index contributed by atoms with van der Waals surface area (Å²) in [7, 11) is 1.83. The van der Waals surface area contributed by atoms with Gasteiger partial charge in [0.25, 0.3) is 0 Å². The van der Waals surface area contributed by atoms with Gasteiger partial charge in [0, 0.05) is 13.1 Å². The Morgan fingerprint density at radius 2 is 2.18 bits per heavy atom. The van der Waals surface area contributed by atoms with Crippen LogP contribution in [0, 0.1) is 0 Å². The van der Waals surface area contributed by atoms with Gasteiger partial charge in [-0.05, 0) is 19.8 Å². The van der Waals surface area contributed by atoms with Gasteiger partial charge in [0.15, 0.2) is 0 Å². The Labute approximate surface area is 66.3 Å². The molecular formula is C8H13NO2. The first kappa shape index (κ1) is 8.11. The van der Waals surface area contributed by atoms with E-state index >= 15 is 0 Å². The summed E-state index contributed by atoms with van der Waals surface area (Å²) >= 11 is 0. The van der Waals surface area contributed by atoms with Crippen molar-refractivity contribution in [3.63, 3.8) is 0 Å². The van der Waals surface area contributed by atoms with Gasteiger partial charge in [-0.2, -0.15) is 0 Å². The first-order valence-corrected chi connectivity index (χ1v) is 3.79. The zero-order valence-electron chi connectivity index (χ0n) is 6.87. The Balaban J connectivity index is 2.61. The van der Waals surface area contributed by atoms with Gasteiger partial charge in [0.1, 0.15) is 5.70 Å². The molecule has 0 aromatic heterocycles. The summed E-state index contributed by atoms with van der Waals surface area (Å²) in [6.45, 7) is 1.75. The van der Waals surface area contributed by atoms with Crippen molar-refractivity contribution in [1.82, 2.24) is 4.90 Å². The zero-order valence-corrected chi connectivity index (χ0v) is 6.87. The van der Waals surface area contributed by atoms with E-state index in [1.807, 2.05) is 11.9 Å². The zero-order chi connectivity index (χ0) is 8.43. The molecule has 1 saturated carbocycles. The number of carboxylic acid groups (broad SMARTS) is 1. The lowest BCUT2D eigenvalue weighted by molar-refractivity contribution is -0.134. The molecule has 0 spiro atoms. The van der Waals surface area contributed by atoms with Crippen molar-refractivity contribution in [3.05, 3.63) is 11.8 Å². The normalized spacial score (nSPS) is 18.2. The second-order valence-corrected chi connectivity index (χ2v) is 2.82. The molecule has 0 atom stereocenters. The Morgan fingerprint density at radius 1 is 1.64 bits per heavy atom. The third-order valence-corrected chi connectivity index (χ3v) is 1.97. The second-order valence-electron chi connectivity index (χ2n) is 2.82. The quantitative estimate of drug-likeness (QED) is 0.620. The number of nitrogens with zero attached hydrogens (tertiary/aromatic N) is 1. The smallest absolute Gasteiger partial charge is 0.351 e. The number of carboxylic acids is 1. The monoisotopic (exact) mass is 155 g/mol. The van der Waals surface area contributed by atoms with Crippen LogP contribution >= 0.6 is 0 Å². The van der Waals surface area contributed by atoms with Gasteiger partial charge in [0.05, 0.1) is 0 Å². The van der Waals surface area contributed by atoms with Crippen molar-refractivity contribution in [2.24, 2.45) is 0 Å². The van der Waals surface area contributed by atoms with E-state index in [2.05, 4.69) is 0 Å². The van der Waals surface area contributed by atoms with Crippen molar-refractivity contribution in [2.45, 2.75) is 25.8 Å². The van der Waals surface area contributed by atoms with Crippen LogP contribution in [0.4, 0.5) is 0 Å². The van der Waals surface area contributed by atoms with Crippen LogP contribution in [0.15, 0.2) is 11.8 Å². The van der Waals surface area contributed by atoms with E-state index in [4.69, 9.17) is 5.11 Å². The molecule has 3 heteroatoms. The maximum Gasteiger partial charge on any atom is 0.351 e. The van der Waals surface area contributed by atoms with E-state index in [0.29, 0.717) is 11.7 Å². The molecule has 11 heavy (non-hydrogen) atoms. The molecule has 0 aliphatic heterocycles. The number of aliphatic carboxylic acids is 1. The van der Waals surface area contributed by atoms with Crippen molar-refractivity contribution >= 4 is 5.97 Å². The molecule has 0 aromatic rings. The highest BCUT2D eigenvalue weighted by Gasteiger charge is 2.29. The maximum atomic E-state index is 10.6. The number of hydrogen-bond acceptors (Lipinski definition) is 2. The van der Waals surface area contributed by atoms with Gasteiger partial charge in [0.2, 0.25) is 0 Å². The summed E-state index contributed by atoms with van der Waals surface area (Å²) in [6.07, 6.45) is 3.89. The average Bonchev–Trinajstić information content (AvgIpc) is 2.68. The highest BCUT2D eigenvalue weighted by molar-refractivity contribution is 5.85. The fraction of sp³-hybridized carbons (Fsp3) is 0.625. The standard InChI is InChI=1S/C8H13NO2/c1-3-7(8(10)11)9(2)6-4-5-6/h3,6H,4-5H2,1-2H3,(H,10,11)/b7-3-. The van der Waals surface area contributed by atoms with Crippen LogP contribution in [-0.4, -0.2) is 29.1 Å². The number of rotatable bonds is 3. The second kappa shape index (κ2) is 2.95. The molecule has 0 aromatic carbocycles. The molecule has 1 N–H and O–H groups in total. The van der Waals surface area contributed by atoms with Crippen molar-refractivity contribution in [3.8, 4) is 0 Å². The van der Waals surface area contributed by atoms with Gasteiger partial charge in [-0.15, -0.1) is 0 Å². The predicted molar refractivity (Wildman–Crippen MR) is 42.2 cm³/mol. The van der Waals surface area contributed by atoms with Crippen LogP contribution in [-0.2, 0) is 4.79 Å². The Morgan fingerprint density at radius 3 is 2.45 bits per heavy atom. The van der Waals surface area contributed by atoms with Crippen LogP contribution in [0.2, 0.25) is 0 Å². The lowest BCUT2D eigenvalue weighted by Gasteiger charge is -2.18. The lowest BCUT2D eigenvalue weighted by Crippen LogP contribution is -2.25. The SMILES string of the molecule is C/C=C(/C(=O)O)N(C)C1CC1. The summed E-state index contributed by atoms with van der Waals surface area (Å²) < 4.78 is 0. The minimum absolute atomic E-state index is 0.410. The van der Waals surface area contributed by atoms with Gasteiger partial charge in [-0.25, -0.2) is 4.79 Å². The molecule has 1 aliphatic rings. The topological polar surface area (TPSA) is 40.5 Å². The largest absolute Gasteiger partial charge is 0.477 e. The molecular weight excluding hydrogens is 142 g/mol. The molecule has 1 aliphatic carbocycles. The van der Waals surface area contributed by atoms with E-state index < -0.39 is 5.97 Å². The molecule has 0 bridgehead atoms. The number of hydrogen-bond donors (Lipinski definition) is 1. The van der Waals surface area contributed by atoms with Gasteiger partial charge >= 0.3 is 5.97 Å². The molecule has 0 amide bonds. The minimum atomic E-state index is -0.832. The summed E-state index contributed by atoms with van der Waals surface area (Å²) in [5.74, 6) is -0.832. The Bertz CT molecular complexity index is 194. The lowest BCUT2D eigenvalue weighted by atomic mass is 10.3. The van der Waals surface area contributed by atoms with Crippen LogP contribution in [0.25, 0.3) is 0 Å². The summed E-state index contributed by atoms with van der Waals surface area (Å²) in [5, 5.41) is 8.71. The summed E-state index contributed by atoms with van der Waals surface area (Å²) in [5.41, 5.74) is 0.410. The fourth-order valence-corrected chi connectivity index (χ4v) is 1.14. The predicted octanol–water partition coefficient (Wildman–Crippen LogP) is 1.07. The van der Waals surface area contributed by atoms with Gasteiger partial charge in [-0.1, -0.05) is 6.08 Å². The number of likely N-dealkylation sites (N-methyl/N-ethyl adjacent to an activating group) is 1. The van der Waals surface area contributed by atoms with E-state index in [9.17, 15) is 4.79 Å². The van der Waals surface area contributed by atoms with E-state index in [-0.39, 0.29) is 0 Å². The third-order valence-electron chi connectivity index (χ3n) is 1.97. The molecule has 62 valence electrons. The molecule has 0 radical (unpaired) electrons. The van der Waals surface area contributed by atoms with Gasteiger partial charge < -0.3 is 10.0 Å². The first-order valence-electron chi connectivity index (χ1n) is 3.79. The van der Waals surface area contributed by atoms with E-state index in [1.165, 1.54) is 0 Å². The molecule has 0 unspecified atom stereocenters. The molecule has 3 nitrogen and oxygen atoms in total. The molecule has 1 rings (SSSR count). The summed E-state index contributed by atoms with van der Waals surface area (Å²) in [4.78, 5) is 12.4. The average molecular weight is 155 g/mol. The third kappa shape index (κ3) is 1.73. The summed E-state index contributed by atoms with van der Waals surface area (Å²) in [6, 6.07) is 0.470. The van der Waals surface area contributed by atoms with Crippen LogP contribution in [0.5, 0.6) is 0 Å². The van der Waals surface area contributed by atoms with Crippen molar-refractivity contribution in [2.75, 3.05) is 7.05 Å². The Hall–Kier alpha value is -0.990. The first-order chi connectivity index (χ1) is 5.16. The minimum Gasteiger partial charge on any atom is -0.477 e. The van der Waals surface area contributed by atoms with Crippen LogP contribution in [0.1, 0.15) is 19.8 Å². The number of allylic oxidation sites excluding steroid dienone is 1.